The van der Waals surface area contributed by atoms with E-state index in [1.165, 1.54) is 0 Å². The molecule has 0 spiro atoms. The Morgan fingerprint density at radius 2 is 1.48 bits per heavy atom. The number of Topliss-reactive ketones (excluding diaryl/α,β-unsaturated/α-hetero) is 2. The molecule has 9 heteroatoms. The Balaban J connectivity index is 2.60. The first-order valence-corrected chi connectivity index (χ1v) is 11.3. The standard InChI is InChI=1S/C24H38N4O5/c1-14(2)21(26-20(29)12-25-16(5)6)23(31)22(30)17(7)27-28-19-10-8-18(9-11-19)13-33-24(32)15(3)4/h8-11,14-17,21,25,27-28H,12-13H2,1-7H3,(H,26,29)/t17-,21-/m0/s1. The third-order valence-electron chi connectivity index (χ3n) is 4.81. The molecule has 33 heavy (non-hydrogen) atoms. The van der Waals surface area contributed by atoms with Gasteiger partial charge >= 0.3 is 5.97 Å². The van der Waals surface area contributed by atoms with Crippen LogP contribution in [-0.4, -0.2) is 48.1 Å². The molecule has 0 bridgehead atoms. The van der Waals surface area contributed by atoms with Gasteiger partial charge in [0, 0.05) is 11.7 Å². The van der Waals surface area contributed by atoms with Crippen molar-refractivity contribution in [3.8, 4) is 0 Å². The number of anilines is 1. The molecule has 1 aromatic carbocycles. The number of hydrogen-bond acceptors (Lipinski definition) is 8. The van der Waals surface area contributed by atoms with E-state index in [1.54, 1.807) is 58.9 Å². The average Bonchev–Trinajstić information content (AvgIpc) is 2.77. The molecular formula is C24H38N4O5. The molecule has 0 heterocycles. The number of benzene rings is 1. The second-order valence-corrected chi connectivity index (χ2v) is 9.00. The van der Waals surface area contributed by atoms with Crippen molar-refractivity contribution in [1.82, 2.24) is 16.1 Å². The third-order valence-corrected chi connectivity index (χ3v) is 4.81. The molecule has 0 saturated heterocycles. The van der Waals surface area contributed by atoms with E-state index in [0.29, 0.717) is 5.69 Å². The van der Waals surface area contributed by atoms with E-state index < -0.39 is 23.7 Å². The van der Waals surface area contributed by atoms with Crippen molar-refractivity contribution in [1.29, 1.82) is 0 Å². The van der Waals surface area contributed by atoms with Crippen LogP contribution in [0.5, 0.6) is 0 Å². The van der Waals surface area contributed by atoms with Gasteiger partial charge in [-0.05, 0) is 30.5 Å². The summed E-state index contributed by atoms with van der Waals surface area (Å²) in [5.74, 6) is -2.29. The van der Waals surface area contributed by atoms with E-state index in [4.69, 9.17) is 4.74 Å². The molecule has 0 aromatic heterocycles. The first kappa shape index (κ1) is 28.3. The maximum Gasteiger partial charge on any atom is 0.308 e. The van der Waals surface area contributed by atoms with Crippen molar-refractivity contribution in [2.24, 2.45) is 11.8 Å². The summed E-state index contributed by atoms with van der Waals surface area (Å²) in [6.07, 6.45) is 0. The Morgan fingerprint density at radius 1 is 0.879 bits per heavy atom. The Morgan fingerprint density at radius 3 is 2.00 bits per heavy atom. The fraction of sp³-hybridized carbons (Fsp3) is 0.583. The fourth-order valence-corrected chi connectivity index (χ4v) is 2.69. The molecular weight excluding hydrogens is 424 g/mol. The molecule has 0 aliphatic heterocycles. The lowest BCUT2D eigenvalue weighted by Gasteiger charge is -2.23. The smallest absolute Gasteiger partial charge is 0.308 e. The van der Waals surface area contributed by atoms with Crippen LogP contribution in [0.4, 0.5) is 5.69 Å². The lowest BCUT2D eigenvalue weighted by Crippen LogP contribution is -2.53. The van der Waals surface area contributed by atoms with Crippen molar-refractivity contribution in [2.75, 3.05) is 12.0 Å². The predicted molar refractivity (Wildman–Crippen MR) is 127 cm³/mol. The van der Waals surface area contributed by atoms with E-state index in [-0.39, 0.29) is 42.9 Å². The average molecular weight is 463 g/mol. The summed E-state index contributed by atoms with van der Waals surface area (Å²) in [4.78, 5) is 49.1. The second-order valence-electron chi connectivity index (χ2n) is 9.00. The van der Waals surface area contributed by atoms with Crippen LogP contribution in [0.3, 0.4) is 0 Å². The first-order chi connectivity index (χ1) is 15.4. The summed E-state index contributed by atoms with van der Waals surface area (Å²) < 4.78 is 5.19. The van der Waals surface area contributed by atoms with Gasteiger partial charge in [0.15, 0.2) is 0 Å². The molecule has 2 atom stereocenters. The van der Waals surface area contributed by atoms with Gasteiger partial charge in [-0.1, -0.05) is 53.7 Å². The molecule has 1 rings (SSSR count). The van der Waals surface area contributed by atoms with Gasteiger partial charge in [-0.15, -0.1) is 0 Å². The Bertz CT molecular complexity index is 806. The SMILES string of the molecule is CC(C)NCC(=O)N[C@H](C(=O)C(=O)[C@H](C)NNc1ccc(COC(=O)C(C)C)cc1)C(C)C. The minimum atomic E-state index is -0.893. The predicted octanol–water partition coefficient (Wildman–Crippen LogP) is 1.97. The molecule has 0 fully saturated rings. The maximum atomic E-state index is 12.7. The van der Waals surface area contributed by atoms with Crippen LogP contribution in [-0.2, 0) is 30.5 Å². The highest BCUT2D eigenvalue weighted by atomic mass is 16.5. The zero-order chi connectivity index (χ0) is 25.1. The molecule has 1 amide bonds. The molecule has 0 aliphatic rings. The van der Waals surface area contributed by atoms with Crippen LogP contribution in [0.1, 0.15) is 54.0 Å². The van der Waals surface area contributed by atoms with E-state index in [9.17, 15) is 19.2 Å². The number of rotatable bonds is 14. The van der Waals surface area contributed by atoms with Crippen LogP contribution in [0.2, 0.25) is 0 Å². The molecule has 0 aliphatic carbocycles. The Kier molecular flexibility index (Phi) is 11.7. The van der Waals surface area contributed by atoms with Gasteiger partial charge in [-0.25, -0.2) is 5.43 Å². The fourth-order valence-electron chi connectivity index (χ4n) is 2.69. The van der Waals surface area contributed by atoms with Crippen LogP contribution >= 0.6 is 0 Å². The summed E-state index contributed by atoms with van der Waals surface area (Å²) in [6, 6.07) is 5.56. The normalized spacial score (nSPS) is 13.0. The van der Waals surface area contributed by atoms with Crippen molar-refractivity contribution >= 4 is 29.1 Å². The van der Waals surface area contributed by atoms with Gasteiger partial charge in [-0.3, -0.25) is 19.2 Å². The molecule has 4 N–H and O–H groups in total. The number of hydrazine groups is 1. The minimum Gasteiger partial charge on any atom is -0.461 e. The number of esters is 1. The highest BCUT2D eigenvalue weighted by molar-refractivity contribution is 6.41. The van der Waals surface area contributed by atoms with Crippen molar-refractivity contribution in [3.63, 3.8) is 0 Å². The van der Waals surface area contributed by atoms with E-state index in [1.807, 2.05) is 13.8 Å². The third kappa shape index (κ3) is 10.1. The second kappa shape index (κ2) is 13.7. The highest BCUT2D eigenvalue weighted by Gasteiger charge is 2.32. The van der Waals surface area contributed by atoms with Crippen LogP contribution in [0, 0.1) is 11.8 Å². The lowest BCUT2D eigenvalue weighted by atomic mass is 9.95. The lowest BCUT2D eigenvalue weighted by molar-refractivity contribution is -0.148. The maximum absolute atomic E-state index is 12.7. The van der Waals surface area contributed by atoms with E-state index >= 15 is 0 Å². The molecule has 0 saturated carbocycles. The van der Waals surface area contributed by atoms with Crippen LogP contribution in [0.15, 0.2) is 24.3 Å². The van der Waals surface area contributed by atoms with Gasteiger partial charge in [0.25, 0.3) is 0 Å². The minimum absolute atomic E-state index is 0.0738. The Hall–Kier alpha value is -2.78. The molecule has 1 aromatic rings. The number of ether oxygens (including phenoxy) is 1. The molecule has 0 unspecified atom stereocenters. The molecule has 0 radical (unpaired) electrons. The topological polar surface area (TPSA) is 126 Å². The molecule has 184 valence electrons. The summed E-state index contributed by atoms with van der Waals surface area (Å²) in [5, 5.41) is 5.64. The summed E-state index contributed by atoms with van der Waals surface area (Å²) in [6.45, 7) is 12.8. The zero-order valence-electron chi connectivity index (χ0n) is 20.7. The van der Waals surface area contributed by atoms with E-state index in [0.717, 1.165) is 5.56 Å². The van der Waals surface area contributed by atoms with Crippen LogP contribution in [0.25, 0.3) is 0 Å². The van der Waals surface area contributed by atoms with Gasteiger partial charge in [-0.2, -0.15) is 0 Å². The number of carbonyl (C=O) groups excluding carboxylic acids is 4. The number of amides is 1. The largest absolute Gasteiger partial charge is 0.461 e. The number of carbonyl (C=O) groups is 4. The zero-order valence-corrected chi connectivity index (χ0v) is 20.7. The van der Waals surface area contributed by atoms with Crippen LogP contribution < -0.4 is 21.5 Å². The van der Waals surface area contributed by atoms with Gasteiger partial charge in [0.1, 0.15) is 6.61 Å². The Labute approximate surface area is 196 Å². The number of nitrogens with one attached hydrogen (secondary N) is 4. The monoisotopic (exact) mass is 462 g/mol. The first-order valence-electron chi connectivity index (χ1n) is 11.3. The van der Waals surface area contributed by atoms with Crippen molar-refractivity contribution in [3.05, 3.63) is 29.8 Å². The highest BCUT2D eigenvalue weighted by Crippen LogP contribution is 2.11. The van der Waals surface area contributed by atoms with Gasteiger partial charge in [0.2, 0.25) is 17.5 Å². The van der Waals surface area contributed by atoms with E-state index in [2.05, 4.69) is 21.5 Å². The number of ketones is 2. The van der Waals surface area contributed by atoms with Gasteiger partial charge < -0.3 is 20.8 Å². The summed E-state index contributed by atoms with van der Waals surface area (Å²) >= 11 is 0. The number of hydrogen-bond donors (Lipinski definition) is 4. The van der Waals surface area contributed by atoms with Gasteiger partial charge in [0.05, 0.1) is 24.5 Å². The molecule has 9 nitrogen and oxygen atoms in total. The van der Waals surface area contributed by atoms with Crippen molar-refractivity contribution < 1.29 is 23.9 Å². The summed E-state index contributed by atoms with van der Waals surface area (Å²) in [5.41, 5.74) is 7.23. The van der Waals surface area contributed by atoms with Crippen molar-refractivity contribution in [2.45, 2.75) is 73.2 Å². The summed E-state index contributed by atoms with van der Waals surface area (Å²) in [7, 11) is 0. The quantitative estimate of drug-likeness (QED) is 0.188.